The summed E-state index contributed by atoms with van der Waals surface area (Å²) in [6, 6.07) is 20.3. The van der Waals surface area contributed by atoms with Crippen LogP contribution in [0.1, 0.15) is 70.7 Å². The Hall–Kier alpha value is -3.91. The number of methoxy groups -OCH3 is 1. The van der Waals surface area contributed by atoms with Crippen molar-refractivity contribution in [2.45, 2.75) is 77.9 Å². The third-order valence-corrected chi connectivity index (χ3v) is 8.25. The molecular weight excluding hydrogens is 552 g/mol. The van der Waals surface area contributed by atoms with E-state index in [2.05, 4.69) is 46.7 Å². The highest BCUT2D eigenvalue weighted by Crippen LogP contribution is 2.31. The molecule has 234 valence electrons. The molecule has 0 saturated carbocycles. The highest BCUT2D eigenvalue weighted by Gasteiger charge is 2.29. The van der Waals surface area contributed by atoms with Gasteiger partial charge in [0.1, 0.15) is 11.4 Å². The second-order valence-corrected chi connectivity index (χ2v) is 13.1. The van der Waals surface area contributed by atoms with Crippen LogP contribution in [0.15, 0.2) is 66.9 Å². The molecule has 1 fully saturated rings. The lowest BCUT2D eigenvalue weighted by atomic mass is 9.94. The van der Waals surface area contributed by atoms with Crippen LogP contribution in [0.25, 0.3) is 22.3 Å². The Labute approximate surface area is 261 Å². The van der Waals surface area contributed by atoms with E-state index in [1.54, 1.807) is 17.9 Å². The van der Waals surface area contributed by atoms with E-state index in [0.717, 1.165) is 66.9 Å². The van der Waals surface area contributed by atoms with E-state index in [1.807, 2.05) is 51.1 Å². The maximum atomic E-state index is 13.5. The molecule has 1 aliphatic heterocycles. The molecular formula is C36H46N4O4. The summed E-state index contributed by atoms with van der Waals surface area (Å²) in [4.78, 5) is 33.2. The summed E-state index contributed by atoms with van der Waals surface area (Å²) >= 11 is 0. The Balaban J connectivity index is 1.20. The lowest BCUT2D eigenvalue weighted by Gasteiger charge is -2.33. The fourth-order valence-electron chi connectivity index (χ4n) is 6.22. The molecule has 0 aliphatic carbocycles. The van der Waals surface area contributed by atoms with Crippen LogP contribution in [0.4, 0.5) is 4.79 Å². The molecule has 2 atom stereocenters. The van der Waals surface area contributed by atoms with Gasteiger partial charge in [-0.15, -0.1) is 0 Å². The summed E-state index contributed by atoms with van der Waals surface area (Å²) in [5.41, 5.74) is 4.51. The zero-order chi connectivity index (χ0) is 31.3. The third-order valence-electron chi connectivity index (χ3n) is 8.25. The van der Waals surface area contributed by atoms with Gasteiger partial charge in [-0.25, -0.2) is 9.78 Å². The first-order valence-corrected chi connectivity index (χ1v) is 15.8. The summed E-state index contributed by atoms with van der Waals surface area (Å²) in [6.45, 7) is 10.8. The number of imidazole rings is 1. The van der Waals surface area contributed by atoms with Gasteiger partial charge < -0.3 is 18.9 Å². The summed E-state index contributed by atoms with van der Waals surface area (Å²) in [7, 11) is 1.74. The van der Waals surface area contributed by atoms with Crippen molar-refractivity contribution in [3.05, 3.63) is 78.2 Å². The van der Waals surface area contributed by atoms with Crippen molar-refractivity contribution in [3.63, 3.8) is 0 Å². The van der Waals surface area contributed by atoms with E-state index in [0.29, 0.717) is 19.6 Å². The first-order chi connectivity index (χ1) is 21.1. The van der Waals surface area contributed by atoms with Crippen LogP contribution >= 0.6 is 0 Å². The Morgan fingerprint density at radius 2 is 1.82 bits per heavy atom. The second-order valence-electron chi connectivity index (χ2n) is 13.1. The molecule has 2 aromatic carbocycles. The third kappa shape index (κ3) is 7.59. The average Bonchev–Trinajstić information content (AvgIpc) is 3.63. The molecule has 0 bridgehead atoms. The Bertz CT molecular complexity index is 1560. The fraction of sp³-hybridized carbons (Fsp3) is 0.472. The number of ether oxygens (including phenoxy) is 2. The molecule has 1 amide bonds. The first-order valence-electron chi connectivity index (χ1n) is 15.8. The topological polar surface area (TPSA) is 78.6 Å². The number of hydrogen-bond donors (Lipinski definition) is 0. The summed E-state index contributed by atoms with van der Waals surface area (Å²) in [6.07, 6.45) is 5.61. The van der Waals surface area contributed by atoms with Crippen molar-refractivity contribution in [2.75, 3.05) is 26.8 Å². The van der Waals surface area contributed by atoms with Crippen molar-refractivity contribution in [3.8, 4) is 11.3 Å². The molecule has 44 heavy (non-hydrogen) atoms. The van der Waals surface area contributed by atoms with Gasteiger partial charge in [-0.2, -0.15) is 0 Å². The van der Waals surface area contributed by atoms with E-state index < -0.39 is 11.7 Å². The van der Waals surface area contributed by atoms with Crippen molar-refractivity contribution in [2.24, 2.45) is 5.92 Å². The Morgan fingerprint density at radius 1 is 1.05 bits per heavy atom. The Kier molecular flexibility index (Phi) is 9.89. The Morgan fingerprint density at radius 3 is 2.57 bits per heavy atom. The predicted molar refractivity (Wildman–Crippen MR) is 174 cm³/mol. The molecule has 3 heterocycles. The minimum Gasteiger partial charge on any atom is -0.443 e. The van der Waals surface area contributed by atoms with Crippen molar-refractivity contribution >= 4 is 23.0 Å². The van der Waals surface area contributed by atoms with E-state index in [4.69, 9.17) is 14.5 Å². The number of nitrogens with zero attached hydrogens (tertiary/aromatic N) is 4. The molecule has 1 saturated heterocycles. The van der Waals surface area contributed by atoms with Gasteiger partial charge in [0.15, 0.2) is 0 Å². The van der Waals surface area contributed by atoms with Crippen LogP contribution in [-0.2, 0) is 27.2 Å². The summed E-state index contributed by atoms with van der Waals surface area (Å²) in [5.74, 6) is 1.74. The molecule has 8 heteroatoms. The number of carbonyl (C=O) groups excluding carboxylic acids is 2. The predicted octanol–water partition coefficient (Wildman–Crippen LogP) is 7.30. The fourth-order valence-corrected chi connectivity index (χ4v) is 6.22. The van der Waals surface area contributed by atoms with Gasteiger partial charge in [0, 0.05) is 51.9 Å². The first kappa shape index (κ1) is 31.5. The number of benzene rings is 2. The van der Waals surface area contributed by atoms with Gasteiger partial charge in [0.2, 0.25) is 5.91 Å². The van der Waals surface area contributed by atoms with Gasteiger partial charge in [-0.1, -0.05) is 43.3 Å². The van der Waals surface area contributed by atoms with E-state index >= 15 is 0 Å². The summed E-state index contributed by atoms with van der Waals surface area (Å²) in [5, 5.41) is 0. The number of aromatic nitrogens is 3. The lowest BCUT2D eigenvalue weighted by molar-refractivity contribution is -0.133. The smallest absolute Gasteiger partial charge is 0.418 e. The number of fused-ring (bicyclic) bond motifs is 1. The minimum absolute atomic E-state index is 0.206. The van der Waals surface area contributed by atoms with Crippen LogP contribution in [-0.4, -0.2) is 63.4 Å². The minimum atomic E-state index is -0.563. The van der Waals surface area contributed by atoms with Crippen LogP contribution in [0, 0.1) is 5.92 Å². The second kappa shape index (κ2) is 13.8. The van der Waals surface area contributed by atoms with Crippen LogP contribution in [0.5, 0.6) is 0 Å². The van der Waals surface area contributed by atoms with Gasteiger partial charge in [-0.3, -0.25) is 9.36 Å². The normalized spacial score (nSPS) is 16.3. The van der Waals surface area contributed by atoms with E-state index in [1.165, 1.54) is 5.56 Å². The van der Waals surface area contributed by atoms with Gasteiger partial charge in [0.25, 0.3) is 0 Å². The molecule has 1 aliphatic rings. The lowest BCUT2D eigenvalue weighted by Crippen LogP contribution is -2.40. The molecule has 4 aromatic rings. The van der Waals surface area contributed by atoms with Crippen molar-refractivity contribution < 1.29 is 19.1 Å². The largest absolute Gasteiger partial charge is 0.443 e. The molecule has 0 unspecified atom stereocenters. The highest BCUT2D eigenvalue weighted by atomic mass is 16.6. The monoisotopic (exact) mass is 598 g/mol. The molecule has 5 rings (SSSR count). The van der Waals surface area contributed by atoms with Gasteiger partial charge in [0.05, 0.1) is 16.7 Å². The molecule has 0 radical (unpaired) electrons. The maximum Gasteiger partial charge on any atom is 0.418 e. The standard InChI is InChI=1S/C36H46N4O4/c1-26(23-27-15-17-28(18-16-27)31-14-9-20-40(31)35(42)44-36(2,3)4)24-33(41)38-19-8-11-29(25-38)34-37-30-12-6-7-13-32(30)39(34)21-10-22-43-5/h6-7,9,12-18,20,26,29H,8,10-11,19,21-25H2,1-5H3/t26-,29-/m1/s1. The number of para-hydroxylation sites is 2. The zero-order valence-corrected chi connectivity index (χ0v) is 26.8. The zero-order valence-electron chi connectivity index (χ0n) is 26.8. The number of piperidine rings is 1. The molecule has 2 aromatic heterocycles. The number of hydrogen-bond acceptors (Lipinski definition) is 5. The number of amides is 1. The highest BCUT2D eigenvalue weighted by molar-refractivity contribution is 5.79. The maximum absolute atomic E-state index is 13.5. The van der Waals surface area contributed by atoms with Crippen LogP contribution in [0.3, 0.4) is 0 Å². The van der Waals surface area contributed by atoms with Gasteiger partial charge >= 0.3 is 6.09 Å². The number of rotatable bonds is 10. The van der Waals surface area contributed by atoms with Crippen molar-refractivity contribution in [1.82, 2.24) is 19.0 Å². The van der Waals surface area contributed by atoms with Crippen LogP contribution < -0.4 is 0 Å². The van der Waals surface area contributed by atoms with E-state index in [-0.39, 0.29) is 17.7 Å². The molecule has 8 nitrogen and oxygen atoms in total. The molecule has 0 spiro atoms. The number of carbonyl (C=O) groups is 2. The SMILES string of the molecule is COCCCn1c([C@@H]2CCCN(C(=O)C[C@H](C)Cc3ccc(-c4cccn4C(=O)OC(C)(C)C)cc3)C2)nc2ccccc21. The number of aryl methyl sites for hydroxylation is 1. The summed E-state index contributed by atoms with van der Waals surface area (Å²) < 4.78 is 14.7. The quantitative estimate of drug-likeness (QED) is 0.179. The average molecular weight is 599 g/mol. The molecule has 0 N–H and O–H groups in total. The van der Waals surface area contributed by atoms with Crippen LogP contribution in [0.2, 0.25) is 0 Å². The van der Waals surface area contributed by atoms with E-state index in [9.17, 15) is 9.59 Å². The number of likely N-dealkylation sites (tertiary alicyclic amines) is 1. The van der Waals surface area contributed by atoms with Crippen molar-refractivity contribution in [1.29, 1.82) is 0 Å². The van der Waals surface area contributed by atoms with Gasteiger partial charge in [-0.05, 0) is 87.8 Å².